The lowest BCUT2D eigenvalue weighted by molar-refractivity contribution is -0.148. The fourth-order valence-corrected chi connectivity index (χ4v) is 5.23. The molecule has 1 saturated heterocycles. The monoisotopic (exact) mass is 549 g/mol. The number of rotatable bonds is 3. The van der Waals surface area contributed by atoms with Crippen LogP contribution in [0.2, 0.25) is 0 Å². The van der Waals surface area contributed by atoms with E-state index in [2.05, 4.69) is 10.4 Å². The van der Waals surface area contributed by atoms with Gasteiger partial charge in [-0.1, -0.05) is 18.6 Å². The number of hydrogen-bond acceptors (Lipinski definition) is 5. The Morgan fingerprint density at radius 3 is 2.54 bits per heavy atom. The van der Waals surface area contributed by atoms with Crippen molar-refractivity contribution < 1.29 is 32.3 Å². The van der Waals surface area contributed by atoms with E-state index in [-0.39, 0.29) is 37.3 Å². The Hall–Kier alpha value is -3.57. The first kappa shape index (κ1) is 28.4. The third kappa shape index (κ3) is 6.90. The first-order valence-corrected chi connectivity index (χ1v) is 13.2. The van der Waals surface area contributed by atoms with Crippen molar-refractivity contribution in [3.63, 3.8) is 0 Å². The molecule has 1 fully saturated rings. The van der Waals surface area contributed by atoms with Gasteiger partial charge in [-0.05, 0) is 43.9 Å². The Morgan fingerprint density at radius 2 is 1.82 bits per heavy atom. The van der Waals surface area contributed by atoms with Crippen LogP contribution in [0.15, 0.2) is 36.5 Å². The summed E-state index contributed by atoms with van der Waals surface area (Å²) in [5.41, 5.74) is -1.15. The molecule has 1 aromatic heterocycles. The number of likely N-dealkylation sites (N-methyl/N-ethyl adjacent to an activating group) is 1. The van der Waals surface area contributed by atoms with Crippen molar-refractivity contribution in [2.45, 2.75) is 51.2 Å². The van der Waals surface area contributed by atoms with Crippen LogP contribution >= 0.6 is 0 Å². The minimum absolute atomic E-state index is 0.0174. The third-order valence-corrected chi connectivity index (χ3v) is 7.54. The van der Waals surface area contributed by atoms with E-state index in [0.717, 1.165) is 17.2 Å². The molecule has 0 aliphatic carbocycles. The summed E-state index contributed by atoms with van der Waals surface area (Å²) in [7, 11) is 1.74. The number of alkyl halides is 3. The smallest absolute Gasteiger partial charge is 0.435 e. The number of hydrogen-bond donors (Lipinski definition) is 1. The zero-order chi connectivity index (χ0) is 28.0. The summed E-state index contributed by atoms with van der Waals surface area (Å²) in [5, 5.41) is 6.43. The van der Waals surface area contributed by atoms with Gasteiger partial charge in [0.15, 0.2) is 5.69 Å². The zero-order valence-corrected chi connectivity index (χ0v) is 22.0. The van der Waals surface area contributed by atoms with Gasteiger partial charge in [0.2, 0.25) is 11.8 Å². The molecule has 0 saturated carbocycles. The number of aryl methyl sites for hydroxylation is 1. The van der Waals surface area contributed by atoms with E-state index < -0.39 is 17.3 Å². The van der Waals surface area contributed by atoms with Crippen LogP contribution in [0.4, 0.5) is 13.2 Å². The van der Waals surface area contributed by atoms with E-state index in [4.69, 9.17) is 4.74 Å². The average molecular weight is 550 g/mol. The molecule has 2 aromatic rings. The lowest BCUT2D eigenvalue weighted by atomic mass is 9.73. The van der Waals surface area contributed by atoms with E-state index in [1.165, 1.54) is 6.20 Å². The van der Waals surface area contributed by atoms with Crippen molar-refractivity contribution >= 4 is 17.7 Å². The van der Waals surface area contributed by atoms with Crippen LogP contribution in [0.25, 0.3) is 0 Å². The normalized spacial score (nSPS) is 19.2. The van der Waals surface area contributed by atoms with Gasteiger partial charge in [-0.25, -0.2) is 0 Å². The van der Waals surface area contributed by atoms with Crippen LogP contribution < -0.4 is 10.1 Å². The number of halogens is 3. The Kier molecular flexibility index (Phi) is 8.81. The molecule has 3 amide bonds. The number of likely N-dealkylation sites (tertiary alicyclic amines) is 1. The number of carbonyl (C=O) groups excluding carboxylic acids is 3. The van der Waals surface area contributed by atoms with Crippen LogP contribution in [0.5, 0.6) is 5.75 Å². The van der Waals surface area contributed by atoms with Crippen LogP contribution in [0.1, 0.15) is 54.6 Å². The summed E-state index contributed by atoms with van der Waals surface area (Å²) >= 11 is 0. The molecule has 0 atom stereocenters. The maximum atomic E-state index is 13.7. The standard InChI is InChI=1S/C27H34F3N5O4/c1-33-18-19-39-21-7-3-2-6-20(21)24(37)31-13-5-4-10-26(25(33)38)11-16-34(17-12-26)23(36)9-15-35-14-8-22(32-35)27(28,29)30/h2-3,6-8,14H,4-5,9-13,15-19H2,1H3,(H,31,37). The highest BCUT2D eigenvalue weighted by molar-refractivity contribution is 5.96. The predicted molar refractivity (Wildman–Crippen MR) is 136 cm³/mol. The second-order valence-electron chi connectivity index (χ2n) is 10.2. The van der Waals surface area contributed by atoms with Gasteiger partial charge >= 0.3 is 6.18 Å². The van der Waals surface area contributed by atoms with E-state index >= 15 is 0 Å². The SMILES string of the molecule is CN1CCOc2ccccc2C(=O)NCCCCC2(CCN(C(=O)CCn3ccc(C(F)(F)F)n3)CC2)C1=O. The highest BCUT2D eigenvalue weighted by Crippen LogP contribution is 2.39. The maximum absolute atomic E-state index is 13.7. The van der Waals surface area contributed by atoms with Crippen molar-refractivity contribution in [1.29, 1.82) is 0 Å². The molecule has 0 bridgehead atoms. The summed E-state index contributed by atoms with van der Waals surface area (Å²) in [6, 6.07) is 7.91. The summed E-state index contributed by atoms with van der Waals surface area (Å²) in [5.74, 6) is 0.117. The van der Waals surface area contributed by atoms with Crippen molar-refractivity contribution in [3.05, 3.63) is 47.8 Å². The van der Waals surface area contributed by atoms with Gasteiger partial charge in [-0.2, -0.15) is 18.3 Å². The minimum atomic E-state index is -4.52. The molecule has 1 aromatic carbocycles. The minimum Gasteiger partial charge on any atom is -0.491 e. The van der Waals surface area contributed by atoms with Crippen LogP contribution in [-0.4, -0.2) is 77.1 Å². The molecular formula is C27H34F3N5O4. The summed E-state index contributed by atoms with van der Waals surface area (Å²) in [6.45, 7) is 1.89. The first-order chi connectivity index (χ1) is 18.6. The topological polar surface area (TPSA) is 96.8 Å². The highest BCUT2D eigenvalue weighted by atomic mass is 19.4. The number of benzene rings is 1. The molecule has 3 heterocycles. The molecule has 39 heavy (non-hydrogen) atoms. The fraction of sp³-hybridized carbons (Fsp3) is 0.556. The van der Waals surface area contributed by atoms with Gasteiger partial charge in [0.25, 0.3) is 5.91 Å². The summed E-state index contributed by atoms with van der Waals surface area (Å²) in [4.78, 5) is 42.4. The van der Waals surface area contributed by atoms with Crippen LogP contribution in [-0.2, 0) is 22.3 Å². The molecule has 1 spiro atoms. The van der Waals surface area contributed by atoms with Gasteiger partial charge < -0.3 is 19.9 Å². The number of amides is 3. The lowest BCUT2D eigenvalue weighted by Crippen LogP contribution is -2.51. The Bertz CT molecular complexity index is 1170. The molecule has 12 heteroatoms. The van der Waals surface area contributed by atoms with Gasteiger partial charge in [0, 0.05) is 45.8 Å². The first-order valence-electron chi connectivity index (χ1n) is 13.2. The number of carbonyl (C=O) groups is 3. The number of aromatic nitrogens is 2. The lowest BCUT2D eigenvalue weighted by Gasteiger charge is -2.43. The maximum Gasteiger partial charge on any atom is 0.435 e. The average Bonchev–Trinajstić information content (AvgIpc) is 3.41. The number of para-hydroxylation sites is 1. The van der Waals surface area contributed by atoms with E-state index in [1.54, 1.807) is 41.1 Å². The predicted octanol–water partition coefficient (Wildman–Crippen LogP) is 3.35. The van der Waals surface area contributed by atoms with Crippen molar-refractivity contribution in [2.75, 3.05) is 39.8 Å². The van der Waals surface area contributed by atoms with Crippen LogP contribution in [0.3, 0.4) is 0 Å². The van der Waals surface area contributed by atoms with Crippen LogP contribution in [0, 0.1) is 5.41 Å². The summed E-state index contributed by atoms with van der Waals surface area (Å²) < 4.78 is 45.3. The van der Waals surface area contributed by atoms with Gasteiger partial charge in [-0.3, -0.25) is 19.1 Å². The molecule has 0 unspecified atom stereocenters. The van der Waals surface area contributed by atoms with E-state index in [1.807, 2.05) is 0 Å². The molecule has 9 nitrogen and oxygen atoms in total. The summed E-state index contributed by atoms with van der Waals surface area (Å²) in [6.07, 6.45) is -0.194. The Balaban J connectivity index is 1.36. The quantitative estimate of drug-likeness (QED) is 0.634. The zero-order valence-electron chi connectivity index (χ0n) is 22.0. The number of fused-ring (bicyclic) bond motifs is 1. The van der Waals surface area contributed by atoms with Gasteiger partial charge in [0.05, 0.1) is 17.5 Å². The molecule has 2 aliphatic heterocycles. The Labute approximate surface area is 225 Å². The van der Waals surface area contributed by atoms with Crippen molar-refractivity contribution in [2.24, 2.45) is 5.41 Å². The highest BCUT2D eigenvalue weighted by Gasteiger charge is 2.43. The molecule has 0 radical (unpaired) electrons. The van der Waals surface area contributed by atoms with E-state index in [0.29, 0.717) is 63.2 Å². The van der Waals surface area contributed by atoms with Gasteiger partial charge in [0.1, 0.15) is 12.4 Å². The largest absolute Gasteiger partial charge is 0.491 e. The molecule has 212 valence electrons. The number of piperidine rings is 1. The van der Waals surface area contributed by atoms with Crippen molar-refractivity contribution in [3.8, 4) is 5.75 Å². The second kappa shape index (κ2) is 12.1. The van der Waals surface area contributed by atoms with Crippen molar-refractivity contribution in [1.82, 2.24) is 24.9 Å². The van der Waals surface area contributed by atoms with Gasteiger partial charge in [-0.15, -0.1) is 0 Å². The number of ether oxygens (including phenoxy) is 1. The molecular weight excluding hydrogens is 515 g/mol. The van der Waals surface area contributed by atoms with E-state index in [9.17, 15) is 27.6 Å². The number of nitrogens with zero attached hydrogens (tertiary/aromatic N) is 4. The fourth-order valence-electron chi connectivity index (χ4n) is 5.23. The second-order valence-corrected chi connectivity index (χ2v) is 10.2. The third-order valence-electron chi connectivity index (χ3n) is 7.54. The molecule has 1 N–H and O–H groups in total. The number of nitrogens with one attached hydrogen (secondary N) is 1. The Morgan fingerprint density at radius 1 is 1.08 bits per heavy atom. The molecule has 2 aliphatic rings. The molecule has 4 rings (SSSR count).